The van der Waals surface area contributed by atoms with Crippen molar-refractivity contribution in [1.29, 1.82) is 0 Å². The zero-order chi connectivity index (χ0) is 26.5. The maximum atomic E-state index is 13.9. The highest BCUT2D eigenvalue weighted by Gasteiger charge is 2.32. The maximum Gasteiger partial charge on any atom is 0.573 e. The highest BCUT2D eigenvalue weighted by Crippen LogP contribution is 2.28. The molecule has 0 bridgehead atoms. The van der Waals surface area contributed by atoms with E-state index in [1.54, 1.807) is 24.0 Å². The minimum absolute atomic E-state index is 0.0695. The number of carbonyl (C=O) groups is 4. The van der Waals surface area contributed by atoms with Gasteiger partial charge in [0.15, 0.2) is 0 Å². The van der Waals surface area contributed by atoms with E-state index in [0.29, 0.717) is 42.6 Å². The molecule has 0 saturated heterocycles. The SMILES string of the molecule is CC(CCC(=O)NC=O)N1Cc2ccc(COC(=O)Nc3cc(OC(F)(F)F)ccc3F)cc2C1=O. The van der Waals surface area contributed by atoms with Crippen molar-refractivity contribution in [3.05, 3.63) is 58.9 Å². The molecule has 9 nitrogen and oxygen atoms in total. The standard InChI is InChI=1S/C23H21F4N3O6/c1-13(2-7-20(32)28-12-31)30-10-15-4-3-14(8-17(15)21(30)33)11-35-22(34)29-19-9-16(5-6-18(19)24)36-23(25,26)27/h3-6,8-9,12-13H,2,7,10-11H2,1H3,(H,29,34)(H,28,31,32). The third kappa shape index (κ3) is 6.93. The van der Waals surface area contributed by atoms with E-state index in [4.69, 9.17) is 4.74 Å². The van der Waals surface area contributed by atoms with Gasteiger partial charge in [-0.05, 0) is 42.7 Å². The number of rotatable bonds is 9. The van der Waals surface area contributed by atoms with Crippen molar-refractivity contribution in [3.8, 4) is 5.75 Å². The molecule has 1 aliphatic rings. The van der Waals surface area contributed by atoms with Crippen molar-refractivity contribution >= 4 is 30.0 Å². The van der Waals surface area contributed by atoms with Crippen LogP contribution < -0.4 is 15.4 Å². The van der Waals surface area contributed by atoms with E-state index in [2.05, 4.69) is 4.74 Å². The first-order chi connectivity index (χ1) is 17.0. The van der Waals surface area contributed by atoms with Gasteiger partial charge in [-0.3, -0.25) is 25.0 Å². The van der Waals surface area contributed by atoms with Gasteiger partial charge in [0, 0.05) is 30.6 Å². The van der Waals surface area contributed by atoms with Crippen molar-refractivity contribution in [2.45, 2.75) is 45.3 Å². The summed E-state index contributed by atoms with van der Waals surface area (Å²) in [5.41, 5.74) is 1.01. The molecule has 0 aliphatic carbocycles. The first-order valence-corrected chi connectivity index (χ1v) is 10.6. The molecule has 13 heteroatoms. The molecule has 192 valence electrons. The fourth-order valence-corrected chi connectivity index (χ4v) is 3.54. The number of amides is 4. The van der Waals surface area contributed by atoms with E-state index in [1.165, 1.54) is 6.07 Å². The van der Waals surface area contributed by atoms with Crippen LogP contribution >= 0.6 is 0 Å². The smallest absolute Gasteiger partial charge is 0.444 e. The van der Waals surface area contributed by atoms with Gasteiger partial charge in [-0.25, -0.2) is 9.18 Å². The summed E-state index contributed by atoms with van der Waals surface area (Å²) in [5.74, 6) is -2.44. The Hall–Kier alpha value is -4.16. The number of hydrogen-bond acceptors (Lipinski definition) is 6. The topological polar surface area (TPSA) is 114 Å². The highest BCUT2D eigenvalue weighted by molar-refractivity contribution is 5.98. The van der Waals surface area contributed by atoms with Crippen LogP contribution in [-0.4, -0.2) is 41.6 Å². The second-order valence-electron chi connectivity index (χ2n) is 7.89. The average Bonchev–Trinajstić information content (AvgIpc) is 3.13. The molecule has 1 heterocycles. The number of imide groups is 1. The van der Waals surface area contributed by atoms with Gasteiger partial charge >= 0.3 is 12.5 Å². The molecule has 0 saturated carbocycles. The quantitative estimate of drug-likeness (QED) is 0.390. The zero-order valence-corrected chi connectivity index (χ0v) is 18.9. The van der Waals surface area contributed by atoms with Crippen molar-refractivity contribution < 1.29 is 46.2 Å². The molecule has 0 spiro atoms. The van der Waals surface area contributed by atoms with Gasteiger partial charge in [-0.2, -0.15) is 0 Å². The average molecular weight is 511 g/mol. The molecule has 1 unspecified atom stereocenters. The van der Waals surface area contributed by atoms with E-state index < -0.39 is 35.6 Å². The Morgan fingerprint density at radius 2 is 1.94 bits per heavy atom. The van der Waals surface area contributed by atoms with Gasteiger partial charge in [0.05, 0.1) is 5.69 Å². The van der Waals surface area contributed by atoms with E-state index in [0.717, 1.165) is 11.6 Å². The van der Waals surface area contributed by atoms with Crippen molar-refractivity contribution in [3.63, 3.8) is 0 Å². The van der Waals surface area contributed by atoms with Crippen molar-refractivity contribution in [2.75, 3.05) is 5.32 Å². The van der Waals surface area contributed by atoms with Gasteiger partial charge < -0.3 is 14.4 Å². The number of alkyl halides is 3. The summed E-state index contributed by atoms with van der Waals surface area (Å²) in [6.07, 6.45) is -5.40. The van der Waals surface area contributed by atoms with E-state index >= 15 is 0 Å². The number of nitrogens with zero attached hydrogens (tertiary/aromatic N) is 1. The summed E-state index contributed by atoms with van der Waals surface area (Å²) < 4.78 is 59.6. The summed E-state index contributed by atoms with van der Waals surface area (Å²) in [4.78, 5) is 48.3. The summed E-state index contributed by atoms with van der Waals surface area (Å²) in [6, 6.07) is 6.69. The van der Waals surface area contributed by atoms with Crippen LogP contribution in [0, 0.1) is 5.82 Å². The Morgan fingerprint density at radius 1 is 1.19 bits per heavy atom. The molecular formula is C23H21F4N3O6. The first-order valence-electron chi connectivity index (χ1n) is 10.6. The number of nitrogens with one attached hydrogen (secondary N) is 2. The number of halogens is 4. The lowest BCUT2D eigenvalue weighted by Gasteiger charge is -2.23. The first kappa shape index (κ1) is 26.4. The molecule has 0 aromatic heterocycles. The van der Waals surface area contributed by atoms with Crippen LogP contribution in [0.3, 0.4) is 0 Å². The summed E-state index contributed by atoms with van der Waals surface area (Å²) in [5, 5.41) is 4.05. The van der Waals surface area contributed by atoms with Gasteiger partial charge in [-0.15, -0.1) is 13.2 Å². The molecule has 2 N–H and O–H groups in total. The molecule has 1 aliphatic heterocycles. The molecule has 2 aromatic carbocycles. The Kier molecular flexibility index (Phi) is 8.12. The lowest BCUT2D eigenvalue weighted by molar-refractivity contribution is -0.274. The van der Waals surface area contributed by atoms with Crippen LogP contribution in [0.15, 0.2) is 36.4 Å². The van der Waals surface area contributed by atoms with E-state index in [1.807, 2.05) is 10.6 Å². The molecule has 2 aromatic rings. The number of anilines is 1. The minimum Gasteiger partial charge on any atom is -0.444 e. The minimum atomic E-state index is -4.99. The predicted molar refractivity (Wildman–Crippen MR) is 116 cm³/mol. The Labute approximate surface area is 202 Å². The molecule has 0 radical (unpaired) electrons. The van der Waals surface area contributed by atoms with Gasteiger partial charge in [0.25, 0.3) is 5.91 Å². The molecule has 1 atom stereocenters. The van der Waals surface area contributed by atoms with Gasteiger partial charge in [-0.1, -0.05) is 12.1 Å². The largest absolute Gasteiger partial charge is 0.573 e. The highest BCUT2D eigenvalue weighted by atomic mass is 19.4. The molecule has 0 fully saturated rings. The molecule has 3 rings (SSSR count). The number of carbonyl (C=O) groups excluding carboxylic acids is 4. The second-order valence-corrected chi connectivity index (χ2v) is 7.89. The normalized spacial score (nSPS) is 13.6. The monoisotopic (exact) mass is 511 g/mol. The van der Waals surface area contributed by atoms with Gasteiger partial charge in [0.1, 0.15) is 18.2 Å². The van der Waals surface area contributed by atoms with Crippen molar-refractivity contribution in [1.82, 2.24) is 10.2 Å². The lowest BCUT2D eigenvalue weighted by Crippen LogP contribution is -2.34. The summed E-state index contributed by atoms with van der Waals surface area (Å²) in [7, 11) is 0. The molecule has 36 heavy (non-hydrogen) atoms. The predicted octanol–water partition coefficient (Wildman–Crippen LogP) is 3.87. The fraction of sp³-hybridized carbons (Fsp3) is 0.304. The Balaban J connectivity index is 1.57. The summed E-state index contributed by atoms with van der Waals surface area (Å²) >= 11 is 0. The number of fused-ring (bicyclic) bond motifs is 1. The fourth-order valence-electron chi connectivity index (χ4n) is 3.54. The Morgan fingerprint density at radius 3 is 2.64 bits per heavy atom. The van der Waals surface area contributed by atoms with Crippen molar-refractivity contribution in [2.24, 2.45) is 0 Å². The van der Waals surface area contributed by atoms with Crippen LogP contribution in [-0.2, 0) is 27.5 Å². The summed E-state index contributed by atoms with van der Waals surface area (Å²) in [6.45, 7) is 1.80. The number of benzene rings is 2. The zero-order valence-electron chi connectivity index (χ0n) is 18.9. The Bertz CT molecular complexity index is 1170. The number of ether oxygens (including phenoxy) is 2. The van der Waals surface area contributed by atoms with E-state index in [-0.39, 0.29) is 25.0 Å². The van der Waals surface area contributed by atoms with Crippen LogP contribution in [0.4, 0.5) is 28.0 Å². The third-order valence-corrected chi connectivity index (χ3v) is 5.33. The second kappa shape index (κ2) is 11.1. The van der Waals surface area contributed by atoms with Crippen LogP contribution in [0.25, 0.3) is 0 Å². The molecular weight excluding hydrogens is 490 g/mol. The van der Waals surface area contributed by atoms with Gasteiger partial charge in [0.2, 0.25) is 12.3 Å². The third-order valence-electron chi connectivity index (χ3n) is 5.33. The van der Waals surface area contributed by atoms with Crippen LogP contribution in [0.2, 0.25) is 0 Å². The number of hydrogen-bond donors (Lipinski definition) is 2. The lowest BCUT2D eigenvalue weighted by atomic mass is 10.1. The van der Waals surface area contributed by atoms with Crippen LogP contribution in [0.1, 0.15) is 41.3 Å². The maximum absolute atomic E-state index is 13.9. The van der Waals surface area contributed by atoms with Crippen LogP contribution in [0.5, 0.6) is 5.75 Å². The van der Waals surface area contributed by atoms with E-state index in [9.17, 15) is 36.7 Å². The molecule has 4 amide bonds.